The number of hydrogen-bond acceptors (Lipinski definition) is 4. The lowest BCUT2D eigenvalue weighted by Gasteiger charge is -2.01. The highest BCUT2D eigenvalue weighted by Crippen LogP contribution is 2.02. The Kier molecular flexibility index (Phi) is 9.80. The van der Waals surface area contributed by atoms with Gasteiger partial charge in [-0.1, -0.05) is 18.9 Å². The van der Waals surface area contributed by atoms with Crippen molar-refractivity contribution in [2.24, 2.45) is 0 Å². The Morgan fingerprint density at radius 1 is 1.46 bits per heavy atom. The minimum atomic E-state index is 0.0526. The number of rotatable bonds is 8. The van der Waals surface area contributed by atoms with Gasteiger partial charge in [0.1, 0.15) is 6.29 Å². The molecule has 0 spiro atoms. The molecule has 0 aromatic heterocycles. The molecule has 0 saturated heterocycles. The largest absolute Gasteiger partial charge is 0.303 e. The Labute approximate surface area is 87.5 Å². The molecular weight excluding hydrogens is 206 g/mol. The molecule has 0 bridgehead atoms. The summed E-state index contributed by atoms with van der Waals surface area (Å²) in [4.78, 5) is 21.0. The van der Waals surface area contributed by atoms with E-state index < -0.39 is 0 Å². The van der Waals surface area contributed by atoms with Gasteiger partial charge < -0.3 is 9.52 Å². The maximum absolute atomic E-state index is 11.0. The smallest absolute Gasteiger partial charge is 0.230 e. The fourth-order valence-corrected chi connectivity index (χ4v) is 1.80. The second-order valence-corrected chi connectivity index (χ2v) is 4.57. The van der Waals surface area contributed by atoms with Gasteiger partial charge in [-0.25, -0.2) is 0 Å². The maximum atomic E-state index is 11.0. The topological polar surface area (TPSA) is 46.2 Å². The van der Waals surface area contributed by atoms with E-state index in [0.717, 1.165) is 17.8 Å². The van der Waals surface area contributed by atoms with Gasteiger partial charge in [0, 0.05) is 24.3 Å². The van der Waals surface area contributed by atoms with Gasteiger partial charge in [0.25, 0.3) is 0 Å². The van der Waals surface area contributed by atoms with Gasteiger partial charge in [0.15, 0.2) is 0 Å². The van der Waals surface area contributed by atoms with Crippen molar-refractivity contribution in [3.8, 4) is 0 Å². The van der Waals surface area contributed by atoms with Crippen LogP contribution in [-0.4, -0.2) is 29.5 Å². The number of carbonyl (C=O) groups is 2. The Morgan fingerprint density at radius 2 is 2.23 bits per heavy atom. The SMILES string of the molecule is CCSCCC(=O)NSCCC=O. The highest BCUT2D eigenvalue weighted by Gasteiger charge is 1.99. The summed E-state index contributed by atoms with van der Waals surface area (Å²) < 4.78 is 2.68. The average Bonchev–Trinajstić information content (AvgIpc) is 2.13. The monoisotopic (exact) mass is 221 g/mol. The van der Waals surface area contributed by atoms with E-state index in [0.29, 0.717) is 18.6 Å². The summed E-state index contributed by atoms with van der Waals surface area (Å²) in [6.45, 7) is 2.07. The highest BCUT2D eigenvalue weighted by molar-refractivity contribution is 7.99. The van der Waals surface area contributed by atoms with Gasteiger partial charge in [-0.15, -0.1) is 0 Å². The van der Waals surface area contributed by atoms with Crippen LogP contribution in [0.4, 0.5) is 0 Å². The number of amides is 1. The molecule has 0 aromatic carbocycles. The zero-order valence-electron chi connectivity index (χ0n) is 7.75. The van der Waals surface area contributed by atoms with E-state index in [9.17, 15) is 9.59 Å². The molecule has 0 aliphatic carbocycles. The van der Waals surface area contributed by atoms with E-state index in [1.807, 2.05) is 0 Å². The predicted molar refractivity (Wildman–Crippen MR) is 58.9 cm³/mol. The first kappa shape index (κ1) is 12.8. The lowest BCUT2D eigenvalue weighted by Crippen LogP contribution is -2.16. The first-order chi connectivity index (χ1) is 6.31. The standard InChI is InChI=1S/C8H15NO2S2/c1-2-12-7-4-8(11)9-13-6-3-5-10/h5H,2-4,6-7H2,1H3,(H,9,11). The second-order valence-electron chi connectivity index (χ2n) is 2.28. The highest BCUT2D eigenvalue weighted by atomic mass is 32.2. The quantitative estimate of drug-likeness (QED) is 0.383. The van der Waals surface area contributed by atoms with Crippen molar-refractivity contribution in [3.63, 3.8) is 0 Å². The van der Waals surface area contributed by atoms with Crippen molar-refractivity contribution in [2.75, 3.05) is 17.3 Å². The van der Waals surface area contributed by atoms with Crippen LogP contribution in [0.1, 0.15) is 19.8 Å². The molecule has 0 atom stereocenters. The Balaban J connectivity index is 3.15. The maximum Gasteiger partial charge on any atom is 0.230 e. The third kappa shape index (κ3) is 9.76. The Morgan fingerprint density at radius 3 is 2.85 bits per heavy atom. The van der Waals surface area contributed by atoms with Gasteiger partial charge in [-0.2, -0.15) is 11.8 Å². The van der Waals surface area contributed by atoms with Gasteiger partial charge >= 0.3 is 0 Å². The average molecular weight is 221 g/mol. The first-order valence-electron chi connectivity index (χ1n) is 4.23. The fourth-order valence-electron chi connectivity index (χ4n) is 0.599. The Bertz CT molecular complexity index is 153. The lowest BCUT2D eigenvalue weighted by atomic mass is 10.5. The molecule has 76 valence electrons. The molecule has 0 aliphatic rings. The number of hydrogen-bond donors (Lipinski definition) is 1. The summed E-state index contributed by atoms with van der Waals surface area (Å²) in [5.41, 5.74) is 0. The van der Waals surface area contributed by atoms with Crippen LogP contribution in [0.2, 0.25) is 0 Å². The summed E-state index contributed by atoms with van der Waals surface area (Å²) in [7, 11) is 0. The van der Waals surface area contributed by atoms with E-state index >= 15 is 0 Å². The van der Waals surface area contributed by atoms with Crippen molar-refractivity contribution >= 4 is 35.9 Å². The molecule has 0 rings (SSSR count). The second kappa shape index (κ2) is 9.92. The van der Waals surface area contributed by atoms with Crippen molar-refractivity contribution in [2.45, 2.75) is 19.8 Å². The van der Waals surface area contributed by atoms with Crippen LogP contribution in [0.25, 0.3) is 0 Å². The number of nitrogens with one attached hydrogen (secondary N) is 1. The van der Waals surface area contributed by atoms with E-state index in [1.165, 1.54) is 11.9 Å². The minimum Gasteiger partial charge on any atom is -0.303 e. The third-order valence-electron chi connectivity index (χ3n) is 1.20. The third-order valence-corrected chi connectivity index (χ3v) is 2.91. The molecule has 0 unspecified atom stereocenters. The lowest BCUT2D eigenvalue weighted by molar-refractivity contribution is -0.118. The van der Waals surface area contributed by atoms with E-state index in [4.69, 9.17) is 0 Å². The minimum absolute atomic E-state index is 0.0526. The molecule has 0 saturated carbocycles. The molecule has 0 fully saturated rings. The molecule has 0 radical (unpaired) electrons. The zero-order chi connectivity index (χ0) is 9.94. The Hall–Kier alpha value is -0.160. The number of aldehydes is 1. The van der Waals surface area contributed by atoms with Gasteiger partial charge in [-0.05, 0) is 5.75 Å². The van der Waals surface area contributed by atoms with Gasteiger partial charge in [-0.3, -0.25) is 4.79 Å². The summed E-state index contributed by atoms with van der Waals surface area (Å²) in [5, 5.41) is 0. The molecule has 5 heteroatoms. The molecule has 13 heavy (non-hydrogen) atoms. The zero-order valence-corrected chi connectivity index (χ0v) is 9.38. The molecule has 0 heterocycles. The van der Waals surface area contributed by atoms with Crippen LogP contribution < -0.4 is 4.72 Å². The normalized spacial score (nSPS) is 9.62. The van der Waals surface area contributed by atoms with Gasteiger partial charge in [0.2, 0.25) is 5.91 Å². The summed E-state index contributed by atoms with van der Waals surface area (Å²) >= 11 is 3.06. The molecular formula is C8H15NO2S2. The number of carbonyl (C=O) groups excluding carboxylic acids is 2. The summed E-state index contributed by atoms with van der Waals surface area (Å²) in [6.07, 6.45) is 1.91. The van der Waals surface area contributed by atoms with Crippen LogP contribution in [-0.2, 0) is 9.59 Å². The molecule has 3 nitrogen and oxygen atoms in total. The summed E-state index contributed by atoms with van der Waals surface area (Å²) in [6, 6.07) is 0. The van der Waals surface area contributed by atoms with Crippen molar-refractivity contribution < 1.29 is 9.59 Å². The fraction of sp³-hybridized carbons (Fsp3) is 0.750. The van der Waals surface area contributed by atoms with Crippen LogP contribution in [0, 0.1) is 0 Å². The van der Waals surface area contributed by atoms with Crippen molar-refractivity contribution in [1.29, 1.82) is 0 Å². The molecule has 0 aromatic rings. The predicted octanol–water partition coefficient (Wildman–Crippen LogP) is 1.48. The molecule has 1 N–H and O–H groups in total. The summed E-state index contributed by atoms with van der Waals surface area (Å²) in [5.74, 6) is 2.63. The first-order valence-corrected chi connectivity index (χ1v) is 6.37. The van der Waals surface area contributed by atoms with E-state index in [-0.39, 0.29) is 5.91 Å². The van der Waals surface area contributed by atoms with E-state index in [1.54, 1.807) is 11.8 Å². The van der Waals surface area contributed by atoms with Crippen LogP contribution in [0.5, 0.6) is 0 Å². The van der Waals surface area contributed by atoms with E-state index in [2.05, 4.69) is 11.6 Å². The van der Waals surface area contributed by atoms with Crippen LogP contribution >= 0.6 is 23.7 Å². The molecule has 1 amide bonds. The van der Waals surface area contributed by atoms with Crippen molar-refractivity contribution in [3.05, 3.63) is 0 Å². The van der Waals surface area contributed by atoms with Crippen LogP contribution in [0.3, 0.4) is 0 Å². The molecule has 0 aliphatic heterocycles. The van der Waals surface area contributed by atoms with Gasteiger partial charge in [0.05, 0.1) is 0 Å². The van der Waals surface area contributed by atoms with Crippen molar-refractivity contribution in [1.82, 2.24) is 4.72 Å². The van der Waals surface area contributed by atoms with Crippen LogP contribution in [0.15, 0.2) is 0 Å². The number of thioether (sulfide) groups is 1.